The lowest BCUT2D eigenvalue weighted by molar-refractivity contribution is 0.0474. The van der Waals surface area contributed by atoms with Crippen LogP contribution in [0.5, 0.6) is 0 Å². The molecular weight excluding hydrogens is 278 g/mol. The maximum absolute atomic E-state index is 12.2. The third-order valence-corrected chi connectivity index (χ3v) is 4.15. The maximum atomic E-state index is 12.2. The number of ether oxygens (including phenoxy) is 1. The summed E-state index contributed by atoms with van der Waals surface area (Å²) in [5.41, 5.74) is 5.09. The average molecular weight is 299 g/mol. The van der Waals surface area contributed by atoms with Crippen molar-refractivity contribution in [3.8, 4) is 0 Å². The molecule has 22 heavy (non-hydrogen) atoms. The second-order valence-corrected chi connectivity index (χ2v) is 5.64. The van der Waals surface area contributed by atoms with Crippen LogP contribution < -0.4 is 0 Å². The van der Waals surface area contributed by atoms with Crippen LogP contribution in [-0.2, 0) is 11.8 Å². The van der Waals surface area contributed by atoms with Crippen LogP contribution in [0.1, 0.15) is 43.2 Å². The number of carbonyl (C=O) groups excluding carboxylic acids is 2. The van der Waals surface area contributed by atoms with Crippen molar-refractivity contribution in [3.05, 3.63) is 57.9 Å². The Morgan fingerprint density at radius 2 is 1.73 bits per heavy atom. The van der Waals surface area contributed by atoms with Gasteiger partial charge in [0.2, 0.25) is 5.78 Å². The number of esters is 1. The van der Waals surface area contributed by atoms with Crippen LogP contribution in [0, 0.1) is 27.7 Å². The van der Waals surface area contributed by atoms with E-state index in [0.717, 1.165) is 22.5 Å². The van der Waals surface area contributed by atoms with Crippen molar-refractivity contribution in [2.24, 2.45) is 7.05 Å². The number of hydrogen-bond acceptors (Lipinski definition) is 3. The van der Waals surface area contributed by atoms with Crippen molar-refractivity contribution in [1.82, 2.24) is 4.57 Å². The van der Waals surface area contributed by atoms with Gasteiger partial charge in [0.25, 0.3) is 0 Å². The first kappa shape index (κ1) is 16.0. The highest BCUT2D eigenvalue weighted by atomic mass is 16.5. The van der Waals surface area contributed by atoms with Gasteiger partial charge < -0.3 is 9.30 Å². The summed E-state index contributed by atoms with van der Waals surface area (Å²) in [7, 11) is 1.91. The average Bonchev–Trinajstić information content (AvgIpc) is 2.75. The van der Waals surface area contributed by atoms with E-state index in [1.807, 2.05) is 51.4 Å². The van der Waals surface area contributed by atoms with Gasteiger partial charge >= 0.3 is 5.97 Å². The minimum atomic E-state index is -0.471. The third kappa shape index (κ3) is 3.11. The first-order chi connectivity index (χ1) is 10.3. The van der Waals surface area contributed by atoms with Gasteiger partial charge in [-0.25, -0.2) is 4.79 Å². The summed E-state index contributed by atoms with van der Waals surface area (Å²) in [5.74, 6) is -0.653. The van der Waals surface area contributed by atoms with Crippen LogP contribution in [-0.4, -0.2) is 22.9 Å². The fourth-order valence-electron chi connectivity index (χ4n) is 2.30. The van der Waals surface area contributed by atoms with E-state index in [0.29, 0.717) is 11.1 Å². The molecule has 0 bridgehead atoms. The molecular formula is C18H21NO3. The standard InChI is InChI=1S/C18H21NO3/c1-11-6-7-15(8-12(11)2)18(21)22-10-17(20)16-9-13(3)19(5)14(16)4/h6-9H,10H2,1-5H3. The molecule has 1 heterocycles. The van der Waals surface area contributed by atoms with Crippen molar-refractivity contribution < 1.29 is 14.3 Å². The molecule has 0 aliphatic rings. The Morgan fingerprint density at radius 3 is 2.27 bits per heavy atom. The van der Waals surface area contributed by atoms with Crippen LogP contribution in [0.2, 0.25) is 0 Å². The van der Waals surface area contributed by atoms with Gasteiger partial charge in [0.1, 0.15) is 0 Å². The van der Waals surface area contributed by atoms with Crippen molar-refractivity contribution in [2.75, 3.05) is 6.61 Å². The molecule has 0 fully saturated rings. The van der Waals surface area contributed by atoms with Gasteiger partial charge in [-0.2, -0.15) is 0 Å². The molecule has 1 aromatic heterocycles. The topological polar surface area (TPSA) is 48.3 Å². The highest BCUT2D eigenvalue weighted by Gasteiger charge is 2.16. The Morgan fingerprint density at radius 1 is 1.05 bits per heavy atom. The molecule has 2 aromatic rings. The molecule has 0 radical (unpaired) electrons. The summed E-state index contributed by atoms with van der Waals surface area (Å²) in [5, 5.41) is 0. The second-order valence-electron chi connectivity index (χ2n) is 5.64. The Hall–Kier alpha value is -2.36. The van der Waals surface area contributed by atoms with Crippen molar-refractivity contribution in [3.63, 3.8) is 0 Å². The number of Topliss-reactive ketones (excluding diaryl/α,β-unsaturated/α-hetero) is 1. The smallest absolute Gasteiger partial charge is 0.338 e. The summed E-state index contributed by atoms with van der Waals surface area (Å²) in [6, 6.07) is 7.19. The quantitative estimate of drug-likeness (QED) is 0.643. The van der Waals surface area contributed by atoms with E-state index in [2.05, 4.69) is 0 Å². The number of aryl methyl sites for hydroxylation is 3. The highest BCUT2D eigenvalue weighted by Crippen LogP contribution is 2.15. The predicted molar refractivity (Wildman–Crippen MR) is 85.4 cm³/mol. The molecule has 116 valence electrons. The highest BCUT2D eigenvalue weighted by molar-refractivity contribution is 6.00. The number of benzene rings is 1. The van der Waals surface area contributed by atoms with Gasteiger partial charge in [-0.05, 0) is 57.0 Å². The number of rotatable bonds is 4. The van der Waals surface area contributed by atoms with Gasteiger partial charge in [0, 0.05) is 24.0 Å². The lowest BCUT2D eigenvalue weighted by atomic mass is 10.1. The van der Waals surface area contributed by atoms with Crippen LogP contribution >= 0.6 is 0 Å². The summed E-state index contributed by atoms with van der Waals surface area (Å²) in [4.78, 5) is 24.2. The number of ketones is 1. The van der Waals surface area contributed by atoms with E-state index >= 15 is 0 Å². The van der Waals surface area contributed by atoms with E-state index in [-0.39, 0.29) is 12.4 Å². The summed E-state index contributed by atoms with van der Waals surface area (Å²) < 4.78 is 7.09. The first-order valence-corrected chi connectivity index (χ1v) is 7.21. The number of carbonyl (C=O) groups is 2. The number of nitrogens with zero attached hydrogens (tertiary/aromatic N) is 1. The molecule has 2 rings (SSSR count). The molecule has 4 nitrogen and oxygen atoms in total. The zero-order valence-corrected chi connectivity index (χ0v) is 13.7. The second kappa shape index (κ2) is 6.18. The lowest BCUT2D eigenvalue weighted by Crippen LogP contribution is -2.15. The van der Waals surface area contributed by atoms with Crippen molar-refractivity contribution in [1.29, 1.82) is 0 Å². The van der Waals surface area contributed by atoms with Crippen LogP contribution in [0.15, 0.2) is 24.3 Å². The summed E-state index contributed by atoms with van der Waals surface area (Å²) in [6.07, 6.45) is 0. The zero-order chi connectivity index (χ0) is 16.4. The normalized spacial score (nSPS) is 10.6. The molecule has 0 aliphatic carbocycles. The molecule has 0 spiro atoms. The van der Waals surface area contributed by atoms with Gasteiger partial charge in [-0.3, -0.25) is 4.79 Å². The van der Waals surface area contributed by atoms with E-state index in [9.17, 15) is 9.59 Å². The Labute approximate surface area is 130 Å². The third-order valence-electron chi connectivity index (χ3n) is 4.15. The molecule has 0 amide bonds. The zero-order valence-electron chi connectivity index (χ0n) is 13.7. The van der Waals surface area contributed by atoms with Crippen LogP contribution in [0.4, 0.5) is 0 Å². The predicted octanol–water partition coefficient (Wildman–Crippen LogP) is 3.30. The molecule has 0 unspecified atom stereocenters. The fraction of sp³-hybridized carbons (Fsp3) is 0.333. The van der Waals surface area contributed by atoms with E-state index < -0.39 is 5.97 Å². The monoisotopic (exact) mass is 299 g/mol. The minimum Gasteiger partial charge on any atom is -0.454 e. The number of hydrogen-bond donors (Lipinski definition) is 0. The van der Waals surface area contributed by atoms with Gasteiger partial charge in [-0.15, -0.1) is 0 Å². The number of aromatic nitrogens is 1. The molecule has 0 N–H and O–H groups in total. The SMILES string of the molecule is Cc1ccc(C(=O)OCC(=O)c2cc(C)n(C)c2C)cc1C. The molecule has 0 atom stereocenters. The van der Waals surface area contributed by atoms with Gasteiger partial charge in [0.15, 0.2) is 6.61 Å². The van der Waals surface area contributed by atoms with Gasteiger partial charge in [-0.1, -0.05) is 6.07 Å². The molecule has 0 saturated carbocycles. The Balaban J connectivity index is 2.05. The molecule has 0 aliphatic heterocycles. The maximum Gasteiger partial charge on any atom is 0.338 e. The summed E-state index contributed by atoms with van der Waals surface area (Å²) >= 11 is 0. The summed E-state index contributed by atoms with van der Waals surface area (Å²) in [6.45, 7) is 7.49. The largest absolute Gasteiger partial charge is 0.454 e. The van der Waals surface area contributed by atoms with Crippen LogP contribution in [0.25, 0.3) is 0 Å². The van der Waals surface area contributed by atoms with Crippen molar-refractivity contribution in [2.45, 2.75) is 27.7 Å². The van der Waals surface area contributed by atoms with E-state index in [1.54, 1.807) is 12.1 Å². The molecule has 4 heteroatoms. The van der Waals surface area contributed by atoms with Gasteiger partial charge in [0.05, 0.1) is 5.56 Å². The first-order valence-electron chi connectivity index (χ1n) is 7.21. The Bertz CT molecular complexity index is 741. The Kier molecular flexibility index (Phi) is 4.50. The van der Waals surface area contributed by atoms with E-state index in [1.165, 1.54) is 0 Å². The van der Waals surface area contributed by atoms with E-state index in [4.69, 9.17) is 4.74 Å². The fourth-order valence-corrected chi connectivity index (χ4v) is 2.30. The minimum absolute atomic E-state index is 0.182. The van der Waals surface area contributed by atoms with Crippen LogP contribution in [0.3, 0.4) is 0 Å². The van der Waals surface area contributed by atoms with Crippen molar-refractivity contribution >= 4 is 11.8 Å². The molecule has 1 aromatic carbocycles. The molecule has 0 saturated heterocycles. The lowest BCUT2D eigenvalue weighted by Gasteiger charge is -2.06.